The van der Waals surface area contributed by atoms with Gasteiger partial charge < -0.3 is 11.1 Å². The molecule has 100 valence electrons. The number of rotatable bonds is 7. The summed E-state index contributed by atoms with van der Waals surface area (Å²) in [6.45, 7) is 4.70. The van der Waals surface area contributed by atoms with Gasteiger partial charge in [0.15, 0.2) is 0 Å². The third kappa shape index (κ3) is 5.10. The Bertz CT molecular complexity index is 365. The van der Waals surface area contributed by atoms with Crippen molar-refractivity contribution in [2.75, 3.05) is 12.3 Å². The molecule has 3 N–H and O–H groups in total. The lowest BCUT2D eigenvalue weighted by Crippen LogP contribution is -2.26. The molecule has 1 aromatic carbocycles. The molecular weight excluding hydrogens is 244 g/mol. The molecular formula is C14H22N2OS. The highest BCUT2D eigenvalue weighted by Gasteiger charge is 2.08. The van der Waals surface area contributed by atoms with Gasteiger partial charge in [-0.2, -0.15) is 0 Å². The molecule has 18 heavy (non-hydrogen) atoms. The lowest BCUT2D eigenvalue weighted by atomic mass is 10.1. The quantitative estimate of drug-likeness (QED) is 0.746. The molecule has 4 heteroatoms. The molecule has 0 spiro atoms. The van der Waals surface area contributed by atoms with E-state index < -0.39 is 0 Å². The van der Waals surface area contributed by atoms with Gasteiger partial charge in [0, 0.05) is 11.3 Å². The first-order valence-corrected chi connectivity index (χ1v) is 7.38. The maximum absolute atomic E-state index is 11.6. The molecule has 1 amide bonds. The predicted molar refractivity (Wildman–Crippen MR) is 77.7 cm³/mol. The topological polar surface area (TPSA) is 55.1 Å². The van der Waals surface area contributed by atoms with Crippen LogP contribution in [0.4, 0.5) is 0 Å². The van der Waals surface area contributed by atoms with Crippen LogP contribution in [0.5, 0.6) is 0 Å². The Kier molecular flexibility index (Phi) is 6.83. The van der Waals surface area contributed by atoms with Gasteiger partial charge >= 0.3 is 0 Å². The van der Waals surface area contributed by atoms with Crippen LogP contribution in [0.25, 0.3) is 0 Å². The van der Waals surface area contributed by atoms with E-state index >= 15 is 0 Å². The van der Waals surface area contributed by atoms with Gasteiger partial charge in [0.05, 0.1) is 6.04 Å². The summed E-state index contributed by atoms with van der Waals surface area (Å²) in [6.07, 6.45) is 1.25. The lowest BCUT2D eigenvalue weighted by molar-refractivity contribution is -0.121. The molecule has 0 saturated heterocycles. The number of hydrogen-bond acceptors (Lipinski definition) is 3. The Hall–Kier alpha value is -1.00. The van der Waals surface area contributed by atoms with Crippen molar-refractivity contribution in [3.8, 4) is 0 Å². The third-order valence-electron chi connectivity index (χ3n) is 2.68. The van der Waals surface area contributed by atoms with Crippen molar-refractivity contribution in [2.45, 2.75) is 37.6 Å². The number of thioether (sulfide) groups is 1. The van der Waals surface area contributed by atoms with Crippen LogP contribution in [0, 0.1) is 0 Å². The monoisotopic (exact) mass is 266 g/mol. The summed E-state index contributed by atoms with van der Waals surface area (Å²) in [5, 5.41) is 2.98. The van der Waals surface area contributed by atoms with Gasteiger partial charge in [-0.05, 0) is 43.3 Å². The number of amides is 1. The van der Waals surface area contributed by atoms with E-state index in [2.05, 4.69) is 36.5 Å². The van der Waals surface area contributed by atoms with Crippen LogP contribution in [-0.4, -0.2) is 18.2 Å². The van der Waals surface area contributed by atoms with Gasteiger partial charge in [-0.15, -0.1) is 11.8 Å². The first kappa shape index (κ1) is 15.1. The zero-order valence-corrected chi connectivity index (χ0v) is 11.9. The summed E-state index contributed by atoms with van der Waals surface area (Å²) < 4.78 is 0. The average molecular weight is 266 g/mol. The highest BCUT2D eigenvalue weighted by atomic mass is 32.2. The summed E-state index contributed by atoms with van der Waals surface area (Å²) >= 11 is 1.82. The van der Waals surface area contributed by atoms with Crippen molar-refractivity contribution in [1.29, 1.82) is 0 Å². The minimum absolute atomic E-state index is 0.0518. The van der Waals surface area contributed by atoms with E-state index in [1.54, 1.807) is 0 Å². The smallest absolute Gasteiger partial charge is 0.220 e. The predicted octanol–water partition coefficient (Wildman–Crippen LogP) is 2.71. The van der Waals surface area contributed by atoms with Crippen LogP contribution in [0.2, 0.25) is 0 Å². The van der Waals surface area contributed by atoms with Crippen LogP contribution in [0.3, 0.4) is 0 Å². The van der Waals surface area contributed by atoms with Crippen molar-refractivity contribution in [3.63, 3.8) is 0 Å². The summed E-state index contributed by atoms with van der Waals surface area (Å²) in [6, 6.07) is 8.41. The number of hydrogen-bond donors (Lipinski definition) is 2. The number of nitrogens with two attached hydrogens (primary N) is 1. The van der Waals surface area contributed by atoms with Gasteiger partial charge in [0.2, 0.25) is 5.91 Å². The van der Waals surface area contributed by atoms with Gasteiger partial charge in [-0.25, -0.2) is 0 Å². The standard InChI is InChI=1S/C14H22N2OS/c1-3-18-13-8-6-12(7-9-13)11(2)16-14(17)5-4-10-15/h6-9,11H,3-5,10,15H2,1-2H3,(H,16,17). The molecule has 1 unspecified atom stereocenters. The van der Waals surface area contributed by atoms with E-state index in [1.165, 1.54) is 4.90 Å². The molecule has 3 nitrogen and oxygen atoms in total. The summed E-state index contributed by atoms with van der Waals surface area (Å²) in [5.41, 5.74) is 6.52. The number of nitrogens with one attached hydrogen (secondary N) is 1. The van der Waals surface area contributed by atoms with E-state index in [4.69, 9.17) is 5.73 Å². The number of carbonyl (C=O) groups excluding carboxylic acids is 1. The molecule has 0 aliphatic carbocycles. The zero-order valence-electron chi connectivity index (χ0n) is 11.1. The second kappa shape index (κ2) is 8.16. The Morgan fingerprint density at radius 1 is 1.39 bits per heavy atom. The molecule has 0 aliphatic heterocycles. The van der Waals surface area contributed by atoms with Crippen molar-refractivity contribution >= 4 is 17.7 Å². The molecule has 0 radical (unpaired) electrons. The highest BCUT2D eigenvalue weighted by molar-refractivity contribution is 7.99. The van der Waals surface area contributed by atoms with Crippen LogP contribution < -0.4 is 11.1 Å². The Morgan fingerprint density at radius 2 is 2.06 bits per heavy atom. The first-order valence-electron chi connectivity index (χ1n) is 6.39. The van der Waals surface area contributed by atoms with Crippen LogP contribution in [0.1, 0.15) is 38.3 Å². The zero-order chi connectivity index (χ0) is 13.4. The van der Waals surface area contributed by atoms with Gasteiger partial charge in [0.25, 0.3) is 0 Å². The molecule has 1 rings (SSSR count). The van der Waals surface area contributed by atoms with E-state index in [9.17, 15) is 4.79 Å². The lowest BCUT2D eigenvalue weighted by Gasteiger charge is -2.14. The van der Waals surface area contributed by atoms with Crippen molar-refractivity contribution in [2.24, 2.45) is 5.73 Å². The summed E-state index contributed by atoms with van der Waals surface area (Å²) in [4.78, 5) is 12.9. The Balaban J connectivity index is 2.50. The minimum Gasteiger partial charge on any atom is -0.350 e. The normalized spacial score (nSPS) is 12.2. The van der Waals surface area contributed by atoms with E-state index in [0.717, 1.165) is 17.7 Å². The van der Waals surface area contributed by atoms with Crippen LogP contribution >= 0.6 is 11.8 Å². The summed E-state index contributed by atoms with van der Waals surface area (Å²) in [7, 11) is 0. The second-order valence-corrected chi connectivity index (χ2v) is 5.52. The van der Waals surface area contributed by atoms with E-state index in [1.807, 2.05) is 18.7 Å². The largest absolute Gasteiger partial charge is 0.350 e. The van der Waals surface area contributed by atoms with Gasteiger partial charge in [-0.1, -0.05) is 19.1 Å². The maximum Gasteiger partial charge on any atom is 0.220 e. The molecule has 0 heterocycles. The number of benzene rings is 1. The molecule has 1 atom stereocenters. The first-order chi connectivity index (χ1) is 8.67. The molecule has 0 aromatic heterocycles. The third-order valence-corrected chi connectivity index (χ3v) is 3.57. The Morgan fingerprint density at radius 3 is 2.61 bits per heavy atom. The molecule has 0 saturated carbocycles. The SMILES string of the molecule is CCSc1ccc(C(C)NC(=O)CCCN)cc1. The fourth-order valence-electron chi connectivity index (χ4n) is 1.68. The van der Waals surface area contributed by atoms with Crippen molar-refractivity contribution in [3.05, 3.63) is 29.8 Å². The van der Waals surface area contributed by atoms with E-state index in [-0.39, 0.29) is 11.9 Å². The highest BCUT2D eigenvalue weighted by Crippen LogP contribution is 2.20. The van der Waals surface area contributed by atoms with Crippen LogP contribution in [0.15, 0.2) is 29.2 Å². The van der Waals surface area contributed by atoms with Gasteiger partial charge in [-0.3, -0.25) is 4.79 Å². The number of carbonyl (C=O) groups is 1. The Labute approximate surface area is 114 Å². The minimum atomic E-state index is 0.0518. The second-order valence-electron chi connectivity index (χ2n) is 4.18. The van der Waals surface area contributed by atoms with Gasteiger partial charge in [0.1, 0.15) is 0 Å². The van der Waals surface area contributed by atoms with Crippen LogP contribution in [-0.2, 0) is 4.79 Å². The molecule has 0 bridgehead atoms. The molecule has 0 aliphatic rings. The fraction of sp³-hybridized carbons (Fsp3) is 0.500. The summed E-state index contributed by atoms with van der Waals surface area (Å²) in [5.74, 6) is 1.14. The van der Waals surface area contributed by atoms with Crippen molar-refractivity contribution in [1.82, 2.24) is 5.32 Å². The fourth-order valence-corrected chi connectivity index (χ4v) is 2.34. The van der Waals surface area contributed by atoms with E-state index in [0.29, 0.717) is 13.0 Å². The molecule has 1 aromatic rings. The average Bonchev–Trinajstić information content (AvgIpc) is 2.37. The van der Waals surface area contributed by atoms with Crippen molar-refractivity contribution < 1.29 is 4.79 Å². The maximum atomic E-state index is 11.6. The molecule has 0 fully saturated rings.